The maximum absolute atomic E-state index is 12.9. The van der Waals surface area contributed by atoms with Gasteiger partial charge in [-0.25, -0.2) is 0 Å². The van der Waals surface area contributed by atoms with Crippen molar-refractivity contribution in [2.75, 3.05) is 32.9 Å². The molecule has 0 spiro atoms. The van der Waals surface area contributed by atoms with Crippen LogP contribution in [0.4, 0.5) is 0 Å². The predicted molar refractivity (Wildman–Crippen MR) is 127 cm³/mol. The van der Waals surface area contributed by atoms with Gasteiger partial charge in [0, 0.05) is 25.1 Å². The van der Waals surface area contributed by atoms with Crippen LogP contribution in [0.2, 0.25) is 0 Å². The zero-order chi connectivity index (χ0) is 22.3. The average molecular weight is 434 g/mol. The van der Waals surface area contributed by atoms with Crippen molar-refractivity contribution >= 4 is 16.7 Å². The second-order valence-electron chi connectivity index (χ2n) is 7.91. The molecule has 0 aromatic heterocycles. The molecule has 32 heavy (non-hydrogen) atoms. The van der Waals surface area contributed by atoms with Gasteiger partial charge in [-0.15, -0.1) is 0 Å². The lowest BCUT2D eigenvalue weighted by Crippen LogP contribution is -2.30. The largest absolute Gasteiger partial charge is 0.493 e. The molecular weight excluding hydrogens is 402 g/mol. The minimum absolute atomic E-state index is 0.0565. The number of fused-ring (bicyclic) bond motifs is 1. The zero-order valence-electron chi connectivity index (χ0n) is 18.9. The molecule has 1 heterocycles. The topological polar surface area (TPSA) is 48.0 Å². The van der Waals surface area contributed by atoms with Crippen LogP contribution in [-0.4, -0.2) is 50.0 Å². The van der Waals surface area contributed by atoms with E-state index in [1.165, 1.54) is 0 Å². The number of hydrogen-bond acceptors (Lipinski definition) is 4. The lowest BCUT2D eigenvalue weighted by molar-refractivity contribution is -0.183. The normalized spacial score (nSPS) is 14.4. The van der Waals surface area contributed by atoms with Gasteiger partial charge in [0.15, 0.2) is 6.29 Å². The van der Waals surface area contributed by atoms with Gasteiger partial charge in [0.25, 0.3) is 5.91 Å². The van der Waals surface area contributed by atoms with E-state index in [2.05, 4.69) is 24.3 Å². The third-order valence-electron chi connectivity index (χ3n) is 5.82. The zero-order valence-corrected chi connectivity index (χ0v) is 18.9. The molecule has 0 saturated carbocycles. The summed E-state index contributed by atoms with van der Waals surface area (Å²) in [4.78, 5) is 14.7. The molecule has 1 aliphatic heterocycles. The molecule has 4 rings (SSSR count). The first-order chi connectivity index (χ1) is 15.7. The van der Waals surface area contributed by atoms with Gasteiger partial charge in [0.2, 0.25) is 0 Å². The van der Waals surface area contributed by atoms with Crippen LogP contribution in [-0.2, 0) is 9.47 Å². The minimum atomic E-state index is -0.188. The van der Waals surface area contributed by atoms with Crippen molar-refractivity contribution in [3.8, 4) is 16.9 Å². The van der Waals surface area contributed by atoms with E-state index in [1.807, 2.05) is 55.1 Å². The fourth-order valence-corrected chi connectivity index (χ4v) is 4.09. The van der Waals surface area contributed by atoms with Crippen molar-refractivity contribution in [2.45, 2.75) is 33.0 Å². The highest BCUT2D eigenvalue weighted by Gasteiger charge is 2.16. The number of carbonyl (C=O) groups is 1. The summed E-state index contributed by atoms with van der Waals surface area (Å²) in [7, 11) is 0. The van der Waals surface area contributed by atoms with Gasteiger partial charge < -0.3 is 19.1 Å². The van der Waals surface area contributed by atoms with Crippen LogP contribution in [0.5, 0.6) is 5.75 Å². The van der Waals surface area contributed by atoms with E-state index >= 15 is 0 Å². The number of rotatable bonds is 8. The number of amides is 1. The highest BCUT2D eigenvalue weighted by atomic mass is 16.7. The molecule has 168 valence electrons. The summed E-state index contributed by atoms with van der Waals surface area (Å²) in [5.41, 5.74) is 2.76. The first-order valence-electron chi connectivity index (χ1n) is 11.5. The Hall–Kier alpha value is -2.89. The molecular formula is C27H31NO4. The Labute approximate surface area is 189 Å². The van der Waals surface area contributed by atoms with Crippen molar-refractivity contribution in [3.63, 3.8) is 0 Å². The Balaban J connectivity index is 1.61. The summed E-state index contributed by atoms with van der Waals surface area (Å²) in [5.74, 6) is 0.857. The molecule has 0 N–H and O–H groups in total. The average Bonchev–Trinajstić information content (AvgIpc) is 2.85. The van der Waals surface area contributed by atoms with Crippen LogP contribution in [0.15, 0.2) is 60.7 Å². The van der Waals surface area contributed by atoms with Crippen LogP contribution in [0, 0.1) is 0 Å². The van der Waals surface area contributed by atoms with Crippen LogP contribution >= 0.6 is 0 Å². The number of nitrogens with zero attached hydrogens (tertiary/aromatic N) is 1. The second-order valence-corrected chi connectivity index (χ2v) is 7.91. The summed E-state index contributed by atoms with van der Waals surface area (Å²) >= 11 is 0. The van der Waals surface area contributed by atoms with Crippen LogP contribution in [0.3, 0.4) is 0 Å². The van der Waals surface area contributed by atoms with E-state index in [-0.39, 0.29) is 12.2 Å². The molecule has 1 fully saturated rings. The summed E-state index contributed by atoms with van der Waals surface area (Å²) in [5, 5.41) is 2.23. The third-order valence-corrected chi connectivity index (χ3v) is 5.82. The van der Waals surface area contributed by atoms with E-state index in [1.54, 1.807) is 0 Å². The molecule has 1 amide bonds. The Morgan fingerprint density at radius 2 is 1.78 bits per heavy atom. The molecule has 0 aliphatic carbocycles. The van der Waals surface area contributed by atoms with E-state index in [0.717, 1.165) is 47.3 Å². The summed E-state index contributed by atoms with van der Waals surface area (Å²) in [6, 6.07) is 20.3. The lowest BCUT2D eigenvalue weighted by Gasteiger charge is -2.23. The van der Waals surface area contributed by atoms with Gasteiger partial charge in [0.05, 0.1) is 19.8 Å². The Kier molecular flexibility index (Phi) is 7.40. The first kappa shape index (κ1) is 22.3. The van der Waals surface area contributed by atoms with Crippen molar-refractivity contribution < 1.29 is 19.0 Å². The molecule has 1 saturated heterocycles. The molecule has 5 nitrogen and oxygen atoms in total. The maximum Gasteiger partial charge on any atom is 0.253 e. The number of ether oxygens (including phenoxy) is 3. The van der Waals surface area contributed by atoms with Crippen molar-refractivity contribution in [1.29, 1.82) is 0 Å². The fourth-order valence-electron chi connectivity index (χ4n) is 4.09. The molecule has 0 atom stereocenters. The molecule has 0 unspecified atom stereocenters. The highest BCUT2D eigenvalue weighted by Crippen LogP contribution is 2.34. The summed E-state index contributed by atoms with van der Waals surface area (Å²) in [6.07, 6.45) is 1.45. The lowest BCUT2D eigenvalue weighted by atomic mass is 9.96. The smallest absolute Gasteiger partial charge is 0.253 e. The van der Waals surface area contributed by atoms with Crippen LogP contribution in [0.1, 0.15) is 37.0 Å². The minimum Gasteiger partial charge on any atom is -0.493 e. The summed E-state index contributed by atoms with van der Waals surface area (Å²) < 4.78 is 17.3. The molecule has 5 heteroatoms. The van der Waals surface area contributed by atoms with Gasteiger partial charge in [-0.1, -0.05) is 36.4 Å². The molecule has 0 radical (unpaired) electrons. The van der Waals surface area contributed by atoms with E-state index < -0.39 is 0 Å². The van der Waals surface area contributed by atoms with E-state index in [9.17, 15) is 4.79 Å². The van der Waals surface area contributed by atoms with Gasteiger partial charge in [-0.3, -0.25) is 4.79 Å². The second kappa shape index (κ2) is 10.6. The SMILES string of the molecule is CCN(CC)C(=O)c1cccc(-c2cc(OCCC3OCCCO3)cc3ccccc23)c1. The standard InChI is InChI=1S/C27H31NO4/c1-3-28(4-2)27(29)22-11-7-10-20(17-22)25-19-23(18-21-9-5-6-12-24(21)25)30-16-13-26-31-14-8-15-32-26/h5-7,9-12,17-19,26H,3-4,8,13-16H2,1-2H3. The monoisotopic (exact) mass is 433 g/mol. The number of hydrogen-bond donors (Lipinski definition) is 0. The fraction of sp³-hybridized carbons (Fsp3) is 0.370. The first-order valence-corrected chi connectivity index (χ1v) is 11.5. The van der Waals surface area contributed by atoms with E-state index in [0.29, 0.717) is 31.7 Å². The van der Waals surface area contributed by atoms with Crippen molar-refractivity contribution in [3.05, 3.63) is 66.2 Å². The van der Waals surface area contributed by atoms with Gasteiger partial charge in [-0.05, 0) is 66.4 Å². The quantitative estimate of drug-likeness (QED) is 0.469. The highest BCUT2D eigenvalue weighted by molar-refractivity contribution is 6.00. The molecule has 0 bridgehead atoms. The number of carbonyl (C=O) groups excluding carboxylic acids is 1. The van der Waals surface area contributed by atoms with Crippen molar-refractivity contribution in [1.82, 2.24) is 4.90 Å². The molecule has 3 aromatic rings. The third kappa shape index (κ3) is 5.12. The molecule has 1 aliphatic rings. The molecule has 3 aromatic carbocycles. The van der Waals surface area contributed by atoms with Gasteiger partial charge >= 0.3 is 0 Å². The van der Waals surface area contributed by atoms with Gasteiger partial charge in [-0.2, -0.15) is 0 Å². The van der Waals surface area contributed by atoms with Gasteiger partial charge in [0.1, 0.15) is 5.75 Å². The Morgan fingerprint density at radius 1 is 1.00 bits per heavy atom. The summed E-state index contributed by atoms with van der Waals surface area (Å²) in [6.45, 7) is 7.40. The maximum atomic E-state index is 12.9. The Morgan fingerprint density at radius 3 is 2.56 bits per heavy atom. The number of benzene rings is 3. The Bertz CT molecular complexity index is 1050. The van der Waals surface area contributed by atoms with E-state index in [4.69, 9.17) is 14.2 Å². The van der Waals surface area contributed by atoms with Crippen LogP contribution < -0.4 is 4.74 Å². The van der Waals surface area contributed by atoms with Crippen LogP contribution in [0.25, 0.3) is 21.9 Å². The predicted octanol–water partition coefficient (Wildman–Crippen LogP) is 5.52. The van der Waals surface area contributed by atoms with Crippen molar-refractivity contribution in [2.24, 2.45) is 0 Å².